The molecule has 0 radical (unpaired) electrons. The molecule has 5 nitrogen and oxygen atoms in total. The van der Waals surface area contributed by atoms with Gasteiger partial charge in [-0.25, -0.2) is 0 Å². The highest BCUT2D eigenvalue weighted by molar-refractivity contribution is 5.96. The van der Waals surface area contributed by atoms with E-state index in [-0.39, 0.29) is 11.9 Å². The van der Waals surface area contributed by atoms with Crippen molar-refractivity contribution in [1.82, 2.24) is 10.2 Å². The van der Waals surface area contributed by atoms with E-state index in [0.29, 0.717) is 11.5 Å². The van der Waals surface area contributed by atoms with Crippen LogP contribution in [0.4, 0.5) is 0 Å². The van der Waals surface area contributed by atoms with Crippen molar-refractivity contribution in [1.29, 1.82) is 0 Å². The van der Waals surface area contributed by atoms with Crippen molar-refractivity contribution < 1.29 is 14.3 Å². The molecule has 1 amide bonds. The molecule has 1 N–H and O–H groups in total. The average Bonchev–Trinajstić information content (AvgIpc) is 2.74. The summed E-state index contributed by atoms with van der Waals surface area (Å²) in [5.74, 6) is 2.09. The fourth-order valence-electron chi connectivity index (χ4n) is 4.25. The van der Waals surface area contributed by atoms with Gasteiger partial charge in [0, 0.05) is 29.8 Å². The van der Waals surface area contributed by atoms with E-state index in [2.05, 4.69) is 10.2 Å². The molecule has 3 heterocycles. The first-order valence-electron chi connectivity index (χ1n) is 9.53. The number of carbonyl (C=O) groups excluding carboxylic acids is 1. The van der Waals surface area contributed by atoms with Crippen LogP contribution in [0, 0.1) is 5.92 Å². The second-order valence-electron chi connectivity index (χ2n) is 7.37. The summed E-state index contributed by atoms with van der Waals surface area (Å²) in [6, 6.07) is 13.7. The summed E-state index contributed by atoms with van der Waals surface area (Å²) in [7, 11) is 3.27. The Morgan fingerprint density at radius 3 is 2.56 bits per heavy atom. The number of hydrogen-bond donors (Lipinski definition) is 1. The zero-order valence-corrected chi connectivity index (χ0v) is 15.9. The minimum Gasteiger partial charge on any atom is -0.497 e. The molecule has 1 atom stereocenters. The second-order valence-corrected chi connectivity index (χ2v) is 7.37. The summed E-state index contributed by atoms with van der Waals surface area (Å²) >= 11 is 0. The molecule has 0 saturated carbocycles. The van der Waals surface area contributed by atoms with Crippen molar-refractivity contribution in [3.63, 3.8) is 0 Å². The standard InChI is InChI=1S/C22H26N2O3/c1-26-18-6-7-19(21(13-18)27-2)16-4-3-5-17(12-16)22(25)23-20-14-24-10-8-15(20)9-11-24/h3-7,12-13,15,20H,8-11,14H2,1-2H3,(H,23,25)/t20-/m1/s1. The van der Waals surface area contributed by atoms with Crippen LogP contribution in [0.15, 0.2) is 42.5 Å². The monoisotopic (exact) mass is 366 g/mol. The summed E-state index contributed by atoms with van der Waals surface area (Å²) in [5.41, 5.74) is 2.58. The smallest absolute Gasteiger partial charge is 0.251 e. The van der Waals surface area contributed by atoms with Crippen LogP contribution in [0.2, 0.25) is 0 Å². The number of hydrogen-bond acceptors (Lipinski definition) is 4. The normalized spacial score (nSPS) is 23.7. The van der Waals surface area contributed by atoms with Crippen molar-refractivity contribution in [2.24, 2.45) is 5.92 Å². The lowest BCUT2D eigenvalue weighted by Gasteiger charge is -2.44. The van der Waals surface area contributed by atoms with Gasteiger partial charge in [-0.05, 0) is 61.7 Å². The van der Waals surface area contributed by atoms with Crippen molar-refractivity contribution in [3.8, 4) is 22.6 Å². The average molecular weight is 366 g/mol. The number of methoxy groups -OCH3 is 2. The molecule has 0 unspecified atom stereocenters. The van der Waals surface area contributed by atoms with Crippen LogP contribution >= 0.6 is 0 Å². The molecule has 3 fully saturated rings. The number of benzene rings is 2. The van der Waals surface area contributed by atoms with Crippen LogP contribution in [-0.2, 0) is 0 Å². The lowest BCUT2D eigenvalue weighted by Crippen LogP contribution is -2.57. The van der Waals surface area contributed by atoms with Crippen LogP contribution in [0.25, 0.3) is 11.1 Å². The number of nitrogens with zero attached hydrogens (tertiary/aromatic N) is 1. The molecular formula is C22H26N2O3. The molecule has 0 spiro atoms. The van der Waals surface area contributed by atoms with E-state index < -0.39 is 0 Å². The molecule has 5 heteroatoms. The van der Waals surface area contributed by atoms with Gasteiger partial charge in [0.15, 0.2) is 0 Å². The van der Waals surface area contributed by atoms with Crippen LogP contribution in [0.1, 0.15) is 23.2 Å². The summed E-state index contributed by atoms with van der Waals surface area (Å²) in [4.78, 5) is 15.3. The molecule has 0 aromatic heterocycles. The molecule has 27 heavy (non-hydrogen) atoms. The van der Waals surface area contributed by atoms with Crippen molar-refractivity contribution in [2.75, 3.05) is 33.9 Å². The predicted molar refractivity (Wildman–Crippen MR) is 105 cm³/mol. The Hall–Kier alpha value is -2.53. The molecule has 2 aromatic rings. The number of nitrogens with one attached hydrogen (secondary N) is 1. The molecule has 0 aliphatic carbocycles. The zero-order chi connectivity index (χ0) is 18.8. The fourth-order valence-corrected chi connectivity index (χ4v) is 4.25. The molecule has 3 aliphatic rings. The number of rotatable bonds is 5. The van der Waals surface area contributed by atoms with E-state index in [1.807, 2.05) is 42.5 Å². The van der Waals surface area contributed by atoms with Gasteiger partial charge in [0.1, 0.15) is 11.5 Å². The molecule has 3 aliphatic heterocycles. The SMILES string of the molecule is COc1ccc(-c2cccc(C(=O)N[C@@H]3CN4CCC3CC4)c2)c(OC)c1. The molecule has 3 saturated heterocycles. The van der Waals surface area contributed by atoms with E-state index >= 15 is 0 Å². The highest BCUT2D eigenvalue weighted by Crippen LogP contribution is 2.34. The number of ether oxygens (including phenoxy) is 2. The topological polar surface area (TPSA) is 50.8 Å². The Bertz CT molecular complexity index is 828. The first-order chi connectivity index (χ1) is 13.2. The first-order valence-corrected chi connectivity index (χ1v) is 9.53. The zero-order valence-electron chi connectivity index (χ0n) is 15.9. The van der Waals surface area contributed by atoms with E-state index in [0.717, 1.165) is 29.2 Å². The van der Waals surface area contributed by atoms with Crippen molar-refractivity contribution in [2.45, 2.75) is 18.9 Å². The van der Waals surface area contributed by atoms with Crippen LogP contribution in [0.3, 0.4) is 0 Å². The van der Waals surface area contributed by atoms with Crippen LogP contribution in [-0.4, -0.2) is 50.7 Å². The van der Waals surface area contributed by atoms with Crippen molar-refractivity contribution >= 4 is 5.91 Å². The summed E-state index contributed by atoms with van der Waals surface area (Å²) in [6.07, 6.45) is 2.38. The second kappa shape index (κ2) is 7.61. The van der Waals surface area contributed by atoms with Gasteiger partial charge in [-0.3, -0.25) is 4.79 Å². The van der Waals surface area contributed by atoms with E-state index in [1.54, 1.807) is 14.2 Å². The van der Waals surface area contributed by atoms with E-state index in [9.17, 15) is 4.79 Å². The number of carbonyl (C=O) groups is 1. The van der Waals surface area contributed by atoms with Gasteiger partial charge in [0.2, 0.25) is 0 Å². The van der Waals surface area contributed by atoms with E-state index in [4.69, 9.17) is 9.47 Å². The van der Waals surface area contributed by atoms with Crippen LogP contribution in [0.5, 0.6) is 11.5 Å². The first kappa shape index (κ1) is 17.9. The summed E-state index contributed by atoms with van der Waals surface area (Å²) < 4.78 is 10.8. The fraction of sp³-hybridized carbons (Fsp3) is 0.409. The number of amides is 1. The molecular weight excluding hydrogens is 340 g/mol. The van der Waals surface area contributed by atoms with Crippen molar-refractivity contribution in [3.05, 3.63) is 48.0 Å². The Labute approximate surface area is 160 Å². The highest BCUT2D eigenvalue weighted by Gasteiger charge is 2.34. The Balaban J connectivity index is 1.55. The molecule has 5 rings (SSSR count). The van der Waals surface area contributed by atoms with Gasteiger partial charge < -0.3 is 19.7 Å². The maximum atomic E-state index is 12.8. The third-order valence-corrected chi connectivity index (χ3v) is 5.82. The predicted octanol–water partition coefficient (Wildman–Crippen LogP) is 3.19. The Morgan fingerprint density at radius 1 is 1.07 bits per heavy atom. The minimum atomic E-state index is 0.00285. The van der Waals surface area contributed by atoms with Gasteiger partial charge in [-0.1, -0.05) is 12.1 Å². The summed E-state index contributed by atoms with van der Waals surface area (Å²) in [6.45, 7) is 3.32. The lowest BCUT2D eigenvalue weighted by atomic mass is 9.84. The maximum absolute atomic E-state index is 12.8. The van der Waals surface area contributed by atoms with E-state index in [1.165, 1.54) is 25.9 Å². The van der Waals surface area contributed by atoms with Gasteiger partial charge >= 0.3 is 0 Å². The number of piperidine rings is 3. The number of fused-ring (bicyclic) bond motifs is 3. The highest BCUT2D eigenvalue weighted by atomic mass is 16.5. The Morgan fingerprint density at radius 2 is 1.89 bits per heavy atom. The van der Waals surface area contributed by atoms with Gasteiger partial charge in [0.05, 0.1) is 14.2 Å². The Kier molecular flexibility index (Phi) is 5.03. The third kappa shape index (κ3) is 3.65. The largest absolute Gasteiger partial charge is 0.497 e. The minimum absolute atomic E-state index is 0.00285. The molecule has 142 valence electrons. The quantitative estimate of drug-likeness (QED) is 0.883. The molecule has 2 bridgehead atoms. The van der Waals surface area contributed by atoms with Gasteiger partial charge in [0.25, 0.3) is 5.91 Å². The molecule has 2 aromatic carbocycles. The van der Waals surface area contributed by atoms with Gasteiger partial charge in [-0.2, -0.15) is 0 Å². The maximum Gasteiger partial charge on any atom is 0.251 e. The summed E-state index contributed by atoms with van der Waals surface area (Å²) in [5, 5.41) is 3.26. The van der Waals surface area contributed by atoms with Gasteiger partial charge in [-0.15, -0.1) is 0 Å². The lowest BCUT2D eigenvalue weighted by molar-refractivity contribution is 0.0620. The van der Waals surface area contributed by atoms with Crippen LogP contribution < -0.4 is 14.8 Å². The third-order valence-electron chi connectivity index (χ3n) is 5.82.